The van der Waals surface area contributed by atoms with Crippen LogP contribution in [0.3, 0.4) is 0 Å². The summed E-state index contributed by atoms with van der Waals surface area (Å²) in [5, 5.41) is 12.4. The molecule has 16 heavy (non-hydrogen) atoms. The van der Waals surface area contributed by atoms with Crippen molar-refractivity contribution in [2.45, 2.75) is 0 Å². The first-order chi connectivity index (χ1) is 7.65. The predicted molar refractivity (Wildman–Crippen MR) is 62.5 cm³/mol. The van der Waals surface area contributed by atoms with Crippen molar-refractivity contribution in [1.29, 1.82) is 0 Å². The molecule has 0 unspecified atom stereocenters. The molecule has 0 spiro atoms. The fourth-order valence-electron chi connectivity index (χ4n) is 1.29. The highest BCUT2D eigenvalue weighted by atomic mass is 35.5. The second-order valence-corrected chi connectivity index (χ2v) is 3.68. The fourth-order valence-corrected chi connectivity index (χ4v) is 1.42. The van der Waals surface area contributed by atoms with Gasteiger partial charge in [-0.2, -0.15) is 0 Å². The highest BCUT2D eigenvalue weighted by Gasteiger charge is 2.05. The molecule has 2 rings (SSSR count). The minimum atomic E-state index is -0.982. The van der Waals surface area contributed by atoms with Crippen molar-refractivity contribution in [2.24, 2.45) is 0 Å². The van der Waals surface area contributed by atoms with Crippen molar-refractivity contribution >= 4 is 28.9 Å². The average molecular weight is 237 g/mol. The third-order valence-corrected chi connectivity index (χ3v) is 2.30. The lowest BCUT2D eigenvalue weighted by Crippen LogP contribution is -1.94. The van der Waals surface area contributed by atoms with Gasteiger partial charge in [-0.1, -0.05) is 11.6 Å². The summed E-state index contributed by atoms with van der Waals surface area (Å²) in [4.78, 5) is 13.3. The van der Waals surface area contributed by atoms with Crippen LogP contribution in [0.4, 0.5) is 11.4 Å². The second kappa shape index (κ2) is 4.28. The number of anilines is 2. The molecular weight excluding hydrogens is 228 g/mol. The van der Waals surface area contributed by atoms with E-state index >= 15 is 0 Å². The number of aromatic nitrogens is 1. The van der Waals surface area contributed by atoms with E-state index < -0.39 is 5.97 Å². The van der Waals surface area contributed by atoms with Gasteiger partial charge in [0.2, 0.25) is 0 Å². The van der Waals surface area contributed by atoms with Crippen LogP contribution in [0.1, 0.15) is 10.5 Å². The first-order valence-corrected chi connectivity index (χ1v) is 4.97. The Kier molecular flexibility index (Phi) is 2.83. The summed E-state index contributed by atoms with van der Waals surface area (Å²) >= 11 is 5.75. The zero-order chi connectivity index (χ0) is 11.5. The fraction of sp³-hybridized carbons (Fsp3) is 0. The van der Waals surface area contributed by atoms with Crippen LogP contribution in [-0.4, -0.2) is 16.1 Å². The van der Waals surface area contributed by atoms with Crippen LogP contribution in [-0.2, 0) is 0 Å². The van der Waals surface area contributed by atoms with Crippen LogP contribution < -0.4 is 5.32 Å². The number of benzene rings is 1. The number of aromatic amines is 1. The van der Waals surface area contributed by atoms with Crippen molar-refractivity contribution in [2.75, 3.05) is 5.32 Å². The number of carboxylic acids is 1. The Balaban J connectivity index is 2.14. The lowest BCUT2D eigenvalue weighted by Gasteiger charge is -2.02. The Hall–Kier alpha value is -1.94. The molecular formula is C11H9ClN2O2. The van der Waals surface area contributed by atoms with E-state index in [1.807, 2.05) is 12.1 Å². The van der Waals surface area contributed by atoms with Gasteiger partial charge >= 0.3 is 5.97 Å². The summed E-state index contributed by atoms with van der Waals surface area (Å²) in [7, 11) is 0. The van der Waals surface area contributed by atoms with Crippen LogP contribution in [0.5, 0.6) is 0 Å². The van der Waals surface area contributed by atoms with Gasteiger partial charge in [0.15, 0.2) is 0 Å². The number of nitrogens with one attached hydrogen (secondary N) is 2. The summed E-state index contributed by atoms with van der Waals surface area (Å²) < 4.78 is 0. The Morgan fingerprint density at radius 1 is 1.25 bits per heavy atom. The van der Waals surface area contributed by atoms with Crippen molar-refractivity contribution in [3.63, 3.8) is 0 Å². The molecule has 0 saturated heterocycles. The smallest absolute Gasteiger partial charge is 0.352 e. The molecule has 0 aliphatic heterocycles. The van der Waals surface area contributed by atoms with Gasteiger partial charge in [0.05, 0.1) is 5.69 Å². The summed E-state index contributed by atoms with van der Waals surface area (Å²) in [6.07, 6.45) is 1.60. The van der Waals surface area contributed by atoms with Crippen LogP contribution >= 0.6 is 11.6 Å². The Morgan fingerprint density at radius 2 is 1.94 bits per heavy atom. The Morgan fingerprint density at radius 3 is 2.50 bits per heavy atom. The number of hydrogen-bond acceptors (Lipinski definition) is 2. The van der Waals surface area contributed by atoms with E-state index in [4.69, 9.17) is 16.7 Å². The highest BCUT2D eigenvalue weighted by Crippen LogP contribution is 2.19. The molecule has 4 nitrogen and oxygen atoms in total. The van der Waals surface area contributed by atoms with Crippen LogP contribution in [0.25, 0.3) is 0 Å². The van der Waals surface area contributed by atoms with E-state index in [1.54, 1.807) is 18.3 Å². The van der Waals surface area contributed by atoms with Crippen LogP contribution in [0, 0.1) is 0 Å². The Labute approximate surface area is 96.9 Å². The zero-order valence-corrected chi connectivity index (χ0v) is 8.95. The van der Waals surface area contributed by atoms with E-state index in [0.29, 0.717) is 10.7 Å². The molecule has 0 bridgehead atoms. The van der Waals surface area contributed by atoms with Gasteiger partial charge in [0.1, 0.15) is 5.69 Å². The van der Waals surface area contributed by atoms with Crippen molar-refractivity contribution < 1.29 is 9.90 Å². The summed E-state index contributed by atoms with van der Waals surface area (Å²) in [5.74, 6) is -0.982. The first-order valence-electron chi connectivity index (χ1n) is 4.59. The first kappa shape index (κ1) is 10.6. The normalized spacial score (nSPS) is 10.1. The number of rotatable bonds is 3. The van der Waals surface area contributed by atoms with E-state index in [9.17, 15) is 4.79 Å². The van der Waals surface area contributed by atoms with Gasteiger partial charge in [-0.05, 0) is 30.3 Å². The molecule has 5 heteroatoms. The van der Waals surface area contributed by atoms with E-state index in [1.165, 1.54) is 6.07 Å². The molecule has 0 aliphatic carbocycles. The number of halogens is 1. The summed E-state index contributed by atoms with van der Waals surface area (Å²) in [5.41, 5.74) is 1.69. The molecule has 0 saturated carbocycles. The molecule has 1 aromatic heterocycles. The third-order valence-electron chi connectivity index (χ3n) is 2.05. The highest BCUT2D eigenvalue weighted by molar-refractivity contribution is 6.30. The molecule has 82 valence electrons. The molecule has 1 heterocycles. The number of carboxylic acid groups (broad SMARTS) is 1. The van der Waals surface area contributed by atoms with E-state index in [0.717, 1.165) is 5.69 Å². The lowest BCUT2D eigenvalue weighted by atomic mass is 10.3. The van der Waals surface area contributed by atoms with Gasteiger partial charge in [-0.3, -0.25) is 0 Å². The predicted octanol–water partition coefficient (Wildman–Crippen LogP) is 3.11. The quantitative estimate of drug-likeness (QED) is 0.767. The molecule has 1 aromatic carbocycles. The van der Waals surface area contributed by atoms with Crippen molar-refractivity contribution in [3.05, 3.63) is 47.2 Å². The second-order valence-electron chi connectivity index (χ2n) is 3.24. The molecule has 2 aromatic rings. The molecule has 0 radical (unpaired) electrons. The largest absolute Gasteiger partial charge is 0.477 e. The third kappa shape index (κ3) is 2.35. The minimum Gasteiger partial charge on any atom is -0.477 e. The number of H-pyrrole nitrogens is 1. The maximum atomic E-state index is 10.6. The molecule has 3 N–H and O–H groups in total. The Bertz CT molecular complexity index is 505. The van der Waals surface area contributed by atoms with Crippen molar-refractivity contribution in [1.82, 2.24) is 4.98 Å². The van der Waals surface area contributed by atoms with Crippen LogP contribution in [0.2, 0.25) is 5.02 Å². The minimum absolute atomic E-state index is 0.150. The molecule has 0 fully saturated rings. The standard InChI is InChI=1S/C11H9ClN2O2/c12-7-1-3-8(4-2-7)14-9-5-10(11(15)16)13-6-9/h1-6,13-14H,(H,15,16). The van der Waals surface area contributed by atoms with Gasteiger partial charge in [-0.25, -0.2) is 4.79 Å². The maximum absolute atomic E-state index is 10.6. The monoisotopic (exact) mass is 236 g/mol. The van der Waals surface area contributed by atoms with Gasteiger partial charge < -0.3 is 15.4 Å². The van der Waals surface area contributed by atoms with Gasteiger partial charge in [0, 0.05) is 16.9 Å². The lowest BCUT2D eigenvalue weighted by molar-refractivity contribution is 0.0691. The average Bonchev–Trinajstić information content (AvgIpc) is 2.70. The number of hydrogen-bond donors (Lipinski definition) is 3. The summed E-state index contributed by atoms with van der Waals surface area (Å²) in [6.45, 7) is 0. The maximum Gasteiger partial charge on any atom is 0.352 e. The van der Waals surface area contributed by atoms with Crippen LogP contribution in [0.15, 0.2) is 36.5 Å². The SMILES string of the molecule is O=C(O)c1cc(Nc2ccc(Cl)cc2)c[nH]1. The number of aromatic carboxylic acids is 1. The van der Waals surface area contributed by atoms with Crippen molar-refractivity contribution in [3.8, 4) is 0 Å². The van der Waals surface area contributed by atoms with Gasteiger partial charge in [0.25, 0.3) is 0 Å². The number of carbonyl (C=O) groups is 1. The molecule has 0 amide bonds. The van der Waals surface area contributed by atoms with E-state index in [-0.39, 0.29) is 5.69 Å². The molecule has 0 atom stereocenters. The van der Waals surface area contributed by atoms with E-state index in [2.05, 4.69) is 10.3 Å². The van der Waals surface area contributed by atoms with Gasteiger partial charge in [-0.15, -0.1) is 0 Å². The summed E-state index contributed by atoms with van der Waals surface area (Å²) in [6, 6.07) is 8.67. The zero-order valence-electron chi connectivity index (χ0n) is 8.20. The molecule has 0 aliphatic rings. The topological polar surface area (TPSA) is 65.1 Å².